The molecule has 2 nitrogen and oxygen atoms in total. The number of β-amino-alcohol motifs (C(OH)–C–C–N with tert-alkyl or cyclic N) is 1. The third-order valence-electron chi connectivity index (χ3n) is 1.74. The zero-order valence-corrected chi connectivity index (χ0v) is 5.58. The summed E-state index contributed by atoms with van der Waals surface area (Å²) in [6.07, 6.45) is 1.89. The lowest BCUT2D eigenvalue weighted by Crippen LogP contribution is -2.37. The van der Waals surface area contributed by atoms with Gasteiger partial charge in [0.15, 0.2) is 0 Å². The molecular weight excluding hydrogens is 114 g/mol. The summed E-state index contributed by atoms with van der Waals surface area (Å²) in [4.78, 5) is 2.06. The molecule has 0 aromatic carbocycles. The largest absolute Gasteiger partial charge is 0.392 e. The molecule has 1 rings (SSSR count). The van der Waals surface area contributed by atoms with Gasteiger partial charge >= 0.3 is 0 Å². The van der Waals surface area contributed by atoms with Crippen molar-refractivity contribution < 1.29 is 5.11 Å². The first kappa shape index (κ1) is 7.03. The van der Waals surface area contributed by atoms with Crippen molar-refractivity contribution in [1.82, 2.24) is 4.90 Å². The van der Waals surface area contributed by atoms with Crippen LogP contribution in [0.1, 0.15) is 12.8 Å². The molecule has 0 saturated carbocycles. The molecule has 0 amide bonds. The lowest BCUT2D eigenvalue weighted by molar-refractivity contribution is 0.0767. The summed E-state index contributed by atoms with van der Waals surface area (Å²) in [6, 6.07) is 0. The van der Waals surface area contributed by atoms with E-state index in [9.17, 15) is 0 Å². The monoisotopic (exact) mass is 127 g/mol. The van der Waals surface area contributed by atoms with Gasteiger partial charge in [-0.05, 0) is 26.3 Å². The highest BCUT2D eigenvalue weighted by Crippen LogP contribution is 2.08. The van der Waals surface area contributed by atoms with Crippen LogP contribution >= 0.6 is 0 Å². The number of aliphatic hydroxyl groups excluding tert-OH is 1. The van der Waals surface area contributed by atoms with Crippen molar-refractivity contribution in [1.29, 1.82) is 0 Å². The number of rotatable bonds is 1. The van der Waals surface area contributed by atoms with Crippen molar-refractivity contribution in [3.63, 3.8) is 0 Å². The number of nitrogens with zero attached hydrogens (tertiary/aromatic N) is 1. The Hall–Kier alpha value is -0.0800. The van der Waals surface area contributed by atoms with Gasteiger partial charge in [0, 0.05) is 13.1 Å². The highest BCUT2D eigenvalue weighted by atomic mass is 16.3. The van der Waals surface area contributed by atoms with Crippen molar-refractivity contribution in [2.24, 2.45) is 0 Å². The van der Waals surface area contributed by atoms with Gasteiger partial charge in [-0.3, -0.25) is 0 Å². The van der Waals surface area contributed by atoms with E-state index in [-0.39, 0.29) is 6.10 Å². The van der Waals surface area contributed by atoms with E-state index >= 15 is 0 Å². The van der Waals surface area contributed by atoms with Gasteiger partial charge in [0.2, 0.25) is 0 Å². The Bertz CT molecular complexity index is 85.0. The van der Waals surface area contributed by atoms with E-state index < -0.39 is 0 Å². The SMILES string of the molecule is [CH]CN1CCCC(O)C1. The van der Waals surface area contributed by atoms with E-state index in [0.29, 0.717) is 6.54 Å². The molecule has 0 aliphatic carbocycles. The molecule has 2 heteroatoms. The molecule has 1 N–H and O–H groups in total. The second kappa shape index (κ2) is 3.18. The molecule has 0 bridgehead atoms. The molecule has 2 radical (unpaired) electrons. The normalized spacial score (nSPS) is 30.7. The molecule has 1 unspecified atom stereocenters. The molecule has 0 aromatic rings. The number of piperidine rings is 1. The predicted octanol–water partition coefficient (Wildman–Crippen LogP) is 0.154. The first-order chi connectivity index (χ1) is 4.33. The molecule has 1 saturated heterocycles. The van der Waals surface area contributed by atoms with Gasteiger partial charge in [0.05, 0.1) is 6.10 Å². The minimum atomic E-state index is -0.137. The van der Waals surface area contributed by atoms with Crippen LogP contribution in [0.25, 0.3) is 0 Å². The fourth-order valence-electron chi connectivity index (χ4n) is 1.20. The molecule has 9 heavy (non-hydrogen) atoms. The topological polar surface area (TPSA) is 23.5 Å². The maximum atomic E-state index is 9.11. The quantitative estimate of drug-likeness (QED) is 0.542. The number of hydrogen-bond acceptors (Lipinski definition) is 2. The number of hydrogen-bond donors (Lipinski definition) is 1. The summed E-state index contributed by atoms with van der Waals surface area (Å²) in [5, 5.41) is 9.11. The summed E-state index contributed by atoms with van der Waals surface area (Å²) in [5.74, 6) is 0. The summed E-state index contributed by atoms with van der Waals surface area (Å²) >= 11 is 0. The van der Waals surface area contributed by atoms with Gasteiger partial charge in [-0.2, -0.15) is 0 Å². The van der Waals surface area contributed by atoms with Crippen LogP contribution in [-0.2, 0) is 0 Å². The zero-order valence-electron chi connectivity index (χ0n) is 5.58. The second-order valence-electron chi connectivity index (χ2n) is 2.56. The van der Waals surface area contributed by atoms with E-state index in [1.807, 2.05) is 0 Å². The Labute approximate surface area is 56.5 Å². The second-order valence-corrected chi connectivity index (χ2v) is 2.56. The van der Waals surface area contributed by atoms with Crippen molar-refractivity contribution in [3.8, 4) is 0 Å². The summed E-state index contributed by atoms with van der Waals surface area (Å²) < 4.78 is 0. The molecule has 1 aliphatic rings. The van der Waals surface area contributed by atoms with E-state index in [1.54, 1.807) is 0 Å². The van der Waals surface area contributed by atoms with Gasteiger partial charge in [-0.1, -0.05) is 0 Å². The minimum Gasteiger partial charge on any atom is -0.392 e. The summed E-state index contributed by atoms with van der Waals surface area (Å²) in [6.45, 7) is 7.77. The van der Waals surface area contributed by atoms with Gasteiger partial charge < -0.3 is 10.0 Å². The third kappa shape index (κ3) is 1.95. The number of likely N-dealkylation sites (tertiary alicyclic amines) is 1. The van der Waals surface area contributed by atoms with Crippen LogP contribution in [0.2, 0.25) is 0 Å². The van der Waals surface area contributed by atoms with Crippen LogP contribution in [0.4, 0.5) is 0 Å². The van der Waals surface area contributed by atoms with Gasteiger partial charge in [-0.25, -0.2) is 0 Å². The van der Waals surface area contributed by atoms with Crippen LogP contribution < -0.4 is 0 Å². The van der Waals surface area contributed by atoms with Gasteiger partial charge in [-0.15, -0.1) is 0 Å². The lowest BCUT2D eigenvalue weighted by atomic mass is 10.1. The Morgan fingerprint density at radius 2 is 2.44 bits per heavy atom. The Morgan fingerprint density at radius 1 is 1.67 bits per heavy atom. The Balaban J connectivity index is 2.23. The van der Waals surface area contributed by atoms with Crippen molar-refractivity contribution >= 4 is 0 Å². The van der Waals surface area contributed by atoms with Gasteiger partial charge in [0.25, 0.3) is 0 Å². The van der Waals surface area contributed by atoms with E-state index in [1.165, 1.54) is 0 Å². The van der Waals surface area contributed by atoms with Crippen molar-refractivity contribution in [3.05, 3.63) is 6.92 Å². The van der Waals surface area contributed by atoms with Crippen LogP contribution in [0, 0.1) is 6.92 Å². The molecule has 0 aromatic heterocycles. The first-order valence-corrected chi connectivity index (χ1v) is 3.43. The van der Waals surface area contributed by atoms with Gasteiger partial charge in [0.1, 0.15) is 0 Å². The zero-order chi connectivity index (χ0) is 6.69. The summed E-state index contributed by atoms with van der Waals surface area (Å²) in [7, 11) is 0. The van der Waals surface area contributed by atoms with Crippen molar-refractivity contribution in [2.45, 2.75) is 18.9 Å². The van der Waals surface area contributed by atoms with Crippen LogP contribution in [0.15, 0.2) is 0 Å². The fraction of sp³-hybridized carbons (Fsp3) is 0.857. The molecule has 1 heterocycles. The molecule has 1 fully saturated rings. The Morgan fingerprint density at radius 3 is 2.89 bits per heavy atom. The van der Waals surface area contributed by atoms with E-state index in [0.717, 1.165) is 25.9 Å². The van der Waals surface area contributed by atoms with E-state index in [2.05, 4.69) is 4.90 Å². The van der Waals surface area contributed by atoms with Crippen LogP contribution in [0.3, 0.4) is 0 Å². The Kier molecular flexibility index (Phi) is 2.49. The fourth-order valence-corrected chi connectivity index (χ4v) is 1.20. The standard InChI is InChI=1S/C7H13NO/c1-2-8-5-3-4-7(9)6-8/h1,7,9H,2-6H2. The van der Waals surface area contributed by atoms with Crippen molar-refractivity contribution in [2.75, 3.05) is 19.6 Å². The van der Waals surface area contributed by atoms with E-state index in [4.69, 9.17) is 12.0 Å². The molecule has 52 valence electrons. The number of aliphatic hydroxyl groups is 1. The van der Waals surface area contributed by atoms with Crippen LogP contribution in [-0.4, -0.2) is 35.7 Å². The summed E-state index contributed by atoms with van der Waals surface area (Å²) in [5.41, 5.74) is 0. The average Bonchev–Trinajstić information content (AvgIpc) is 1.88. The third-order valence-corrected chi connectivity index (χ3v) is 1.74. The average molecular weight is 127 g/mol. The highest BCUT2D eigenvalue weighted by molar-refractivity contribution is 4.71. The lowest BCUT2D eigenvalue weighted by Gasteiger charge is -2.28. The molecule has 1 atom stereocenters. The molecule has 1 aliphatic heterocycles. The first-order valence-electron chi connectivity index (χ1n) is 3.43. The predicted molar refractivity (Wildman–Crippen MR) is 36.0 cm³/mol. The molecule has 0 spiro atoms. The maximum Gasteiger partial charge on any atom is 0.0667 e. The molecular formula is C7H13NO. The highest BCUT2D eigenvalue weighted by Gasteiger charge is 2.14. The van der Waals surface area contributed by atoms with Crippen LogP contribution in [0.5, 0.6) is 0 Å². The smallest absolute Gasteiger partial charge is 0.0667 e. The maximum absolute atomic E-state index is 9.11. The minimum absolute atomic E-state index is 0.137.